The molecule has 2 aromatic rings. The van der Waals surface area contributed by atoms with E-state index in [4.69, 9.17) is 0 Å². The fraction of sp³-hybridized carbons (Fsp3) is 0.0909. The Kier molecular flexibility index (Phi) is 2.25. The summed E-state index contributed by atoms with van der Waals surface area (Å²) in [5.41, 5.74) is 1.98. The van der Waals surface area contributed by atoms with E-state index in [2.05, 4.69) is 0 Å². The van der Waals surface area contributed by atoms with Crippen LogP contribution in [-0.4, -0.2) is 9.32 Å². The van der Waals surface area contributed by atoms with Crippen LogP contribution in [0.4, 0.5) is 0 Å². The Bertz CT molecular complexity index is 540. The van der Waals surface area contributed by atoms with Crippen molar-refractivity contribution in [2.75, 3.05) is 0 Å². The van der Waals surface area contributed by atoms with Crippen molar-refractivity contribution in [3.63, 3.8) is 0 Å². The molecule has 0 bridgehead atoms. The maximum atomic E-state index is 10.5. The molecule has 0 saturated heterocycles. The van der Waals surface area contributed by atoms with E-state index in [9.17, 15) is 10.1 Å². The molecule has 0 radical (unpaired) electrons. The predicted molar refractivity (Wildman–Crippen MR) is 58.0 cm³/mol. The first-order chi connectivity index (χ1) is 7.18. The van der Waals surface area contributed by atoms with Crippen LogP contribution in [0.3, 0.4) is 0 Å². The zero-order valence-electron chi connectivity index (χ0n) is 8.25. The van der Waals surface area contributed by atoms with Crippen molar-refractivity contribution < 1.29 is 4.92 Å². The topological polar surface area (TPSA) is 47.5 Å². The first-order valence-electron chi connectivity index (χ1n) is 4.57. The number of nitro groups is 1. The Balaban J connectivity index is 2.54. The molecule has 0 aliphatic carbocycles. The van der Waals surface area contributed by atoms with Crippen molar-refractivity contribution in [3.8, 4) is 0 Å². The molecule has 0 aromatic carbocycles. The Hall–Kier alpha value is -2.10. The summed E-state index contributed by atoms with van der Waals surface area (Å²) in [6, 6.07) is 7.62. The van der Waals surface area contributed by atoms with Crippen LogP contribution >= 0.6 is 0 Å². The predicted octanol–water partition coefficient (Wildman–Crippen LogP) is 2.58. The minimum absolute atomic E-state index is 0.145. The number of hydrogen-bond acceptors (Lipinski definition) is 2. The lowest BCUT2D eigenvalue weighted by Gasteiger charge is -1.94. The summed E-state index contributed by atoms with van der Waals surface area (Å²) in [5, 5.41) is 10.5. The van der Waals surface area contributed by atoms with Gasteiger partial charge in [-0.1, -0.05) is 6.07 Å². The first kappa shape index (κ1) is 9.45. The highest BCUT2D eigenvalue weighted by Crippen LogP contribution is 2.15. The van der Waals surface area contributed by atoms with Gasteiger partial charge in [0.05, 0.1) is 10.4 Å². The normalized spacial score (nSPS) is 11.9. The van der Waals surface area contributed by atoms with Crippen LogP contribution in [0, 0.1) is 10.1 Å². The molecule has 2 heterocycles. The van der Waals surface area contributed by atoms with Crippen molar-refractivity contribution >= 4 is 11.6 Å². The third-order valence-corrected chi connectivity index (χ3v) is 2.25. The molecular weight excluding hydrogens is 192 g/mol. The molecule has 0 N–H and O–H groups in total. The van der Waals surface area contributed by atoms with E-state index in [-0.39, 0.29) is 10.6 Å². The van der Waals surface area contributed by atoms with Crippen LogP contribution in [0.15, 0.2) is 42.4 Å². The maximum Gasteiger partial charge on any atom is 0.243 e. The van der Waals surface area contributed by atoms with E-state index in [0.29, 0.717) is 0 Å². The van der Waals surface area contributed by atoms with Gasteiger partial charge in [0.25, 0.3) is 0 Å². The lowest BCUT2D eigenvalue weighted by atomic mass is 10.2. The molecule has 2 aromatic heterocycles. The van der Waals surface area contributed by atoms with E-state index >= 15 is 0 Å². The molecule has 0 atom stereocenters. The highest BCUT2D eigenvalue weighted by molar-refractivity contribution is 5.70. The summed E-state index contributed by atoms with van der Waals surface area (Å²) >= 11 is 0. The Labute approximate surface area is 86.6 Å². The summed E-state index contributed by atoms with van der Waals surface area (Å²) in [7, 11) is 0. The van der Waals surface area contributed by atoms with Crippen LogP contribution in [-0.2, 0) is 0 Å². The quantitative estimate of drug-likeness (QED) is 0.555. The Morgan fingerprint density at radius 3 is 2.93 bits per heavy atom. The average molecular weight is 202 g/mol. The summed E-state index contributed by atoms with van der Waals surface area (Å²) in [6.45, 7) is 1.49. The van der Waals surface area contributed by atoms with E-state index in [0.717, 1.165) is 11.1 Å². The van der Waals surface area contributed by atoms with Gasteiger partial charge in [0.15, 0.2) is 0 Å². The van der Waals surface area contributed by atoms with Crippen LogP contribution in [0.1, 0.15) is 12.5 Å². The summed E-state index contributed by atoms with van der Waals surface area (Å²) in [6.07, 6.45) is 5.37. The van der Waals surface area contributed by atoms with E-state index in [1.807, 2.05) is 41.1 Å². The second kappa shape index (κ2) is 3.57. The van der Waals surface area contributed by atoms with E-state index in [1.165, 1.54) is 6.92 Å². The van der Waals surface area contributed by atoms with Gasteiger partial charge in [-0.05, 0) is 18.2 Å². The van der Waals surface area contributed by atoms with Crippen molar-refractivity contribution in [3.05, 3.63) is 58.0 Å². The lowest BCUT2D eigenvalue weighted by Crippen LogP contribution is -1.92. The number of hydrogen-bond donors (Lipinski definition) is 0. The molecular formula is C11H10N2O2. The minimum atomic E-state index is -0.383. The summed E-state index contributed by atoms with van der Waals surface area (Å²) in [5.74, 6) is 0. The molecule has 4 heteroatoms. The first-order valence-corrected chi connectivity index (χ1v) is 4.57. The van der Waals surface area contributed by atoms with Crippen LogP contribution in [0.25, 0.3) is 11.6 Å². The van der Waals surface area contributed by atoms with Crippen molar-refractivity contribution in [1.82, 2.24) is 4.40 Å². The fourth-order valence-corrected chi connectivity index (χ4v) is 1.48. The molecule has 15 heavy (non-hydrogen) atoms. The number of rotatable bonds is 2. The highest BCUT2D eigenvalue weighted by atomic mass is 16.6. The largest absolute Gasteiger partial charge is 0.323 e. The molecule has 4 nitrogen and oxygen atoms in total. The molecule has 0 aliphatic rings. The van der Waals surface area contributed by atoms with Gasteiger partial charge >= 0.3 is 0 Å². The molecule has 0 unspecified atom stereocenters. The van der Waals surface area contributed by atoms with Gasteiger partial charge in [-0.25, -0.2) is 0 Å². The summed E-state index contributed by atoms with van der Waals surface area (Å²) in [4.78, 5) is 10.1. The molecule has 0 aliphatic heterocycles. The smallest absolute Gasteiger partial charge is 0.243 e. The van der Waals surface area contributed by atoms with Gasteiger partial charge in [-0.3, -0.25) is 10.1 Å². The molecule has 2 rings (SSSR count). The van der Waals surface area contributed by atoms with Gasteiger partial charge in [0.2, 0.25) is 5.70 Å². The van der Waals surface area contributed by atoms with Gasteiger partial charge in [0, 0.05) is 31.0 Å². The van der Waals surface area contributed by atoms with Crippen molar-refractivity contribution in [1.29, 1.82) is 0 Å². The third-order valence-electron chi connectivity index (χ3n) is 2.25. The Morgan fingerprint density at radius 2 is 2.20 bits per heavy atom. The number of allylic oxidation sites excluding steroid dienone is 1. The standard InChI is InChI=1S/C11H10N2O2/c1-9(13(14)15)8-10-5-7-12-6-3-2-4-11(10)12/h2-8H,1H3/b9-8+. The second-order valence-corrected chi connectivity index (χ2v) is 3.31. The van der Waals surface area contributed by atoms with Crippen LogP contribution in [0.5, 0.6) is 0 Å². The van der Waals surface area contributed by atoms with E-state index < -0.39 is 0 Å². The lowest BCUT2D eigenvalue weighted by molar-refractivity contribution is -0.422. The van der Waals surface area contributed by atoms with E-state index in [1.54, 1.807) is 6.08 Å². The zero-order valence-corrected chi connectivity index (χ0v) is 8.25. The van der Waals surface area contributed by atoms with Crippen molar-refractivity contribution in [2.24, 2.45) is 0 Å². The van der Waals surface area contributed by atoms with Crippen LogP contribution < -0.4 is 0 Å². The fourth-order valence-electron chi connectivity index (χ4n) is 1.48. The van der Waals surface area contributed by atoms with Crippen molar-refractivity contribution in [2.45, 2.75) is 6.92 Å². The maximum absolute atomic E-state index is 10.5. The van der Waals surface area contributed by atoms with Gasteiger partial charge in [-0.2, -0.15) is 0 Å². The summed E-state index contributed by atoms with van der Waals surface area (Å²) < 4.78 is 1.93. The minimum Gasteiger partial charge on any atom is -0.323 e. The molecule has 0 saturated carbocycles. The molecule has 76 valence electrons. The average Bonchev–Trinajstić information content (AvgIpc) is 2.62. The number of fused-ring (bicyclic) bond motifs is 1. The SMILES string of the molecule is C/C(=C\c1ccn2ccccc12)[N+](=O)[O-]. The molecule has 0 fully saturated rings. The van der Waals surface area contributed by atoms with Gasteiger partial charge in [-0.15, -0.1) is 0 Å². The highest BCUT2D eigenvalue weighted by Gasteiger charge is 2.05. The second-order valence-electron chi connectivity index (χ2n) is 3.31. The number of nitrogens with zero attached hydrogens (tertiary/aromatic N) is 2. The zero-order chi connectivity index (χ0) is 10.8. The molecule has 0 amide bonds. The molecule has 0 spiro atoms. The van der Waals surface area contributed by atoms with Crippen LogP contribution in [0.2, 0.25) is 0 Å². The van der Waals surface area contributed by atoms with Gasteiger partial charge in [0.1, 0.15) is 0 Å². The Morgan fingerprint density at radius 1 is 1.40 bits per heavy atom. The monoisotopic (exact) mass is 202 g/mol. The third kappa shape index (κ3) is 1.74. The van der Waals surface area contributed by atoms with Gasteiger partial charge < -0.3 is 4.40 Å². The number of aromatic nitrogens is 1. The number of pyridine rings is 1.